The maximum absolute atomic E-state index is 9.41. The van der Waals surface area contributed by atoms with Gasteiger partial charge in [0.15, 0.2) is 0 Å². The van der Waals surface area contributed by atoms with Crippen molar-refractivity contribution in [3.63, 3.8) is 0 Å². The Labute approximate surface area is 184 Å². The van der Waals surface area contributed by atoms with Gasteiger partial charge in [0.25, 0.3) is 0 Å². The molecule has 0 heterocycles. The number of phenolic OH excluding ortho intramolecular Hbond substituents is 1. The fourth-order valence-electron chi connectivity index (χ4n) is 1.65. The summed E-state index contributed by atoms with van der Waals surface area (Å²) in [5.41, 5.74) is 2.38. The average Bonchev–Trinajstić information content (AvgIpc) is 2.90. The summed E-state index contributed by atoms with van der Waals surface area (Å²) in [5.74, 6) is 0.953. The molecule has 0 fully saturated rings. The van der Waals surface area contributed by atoms with E-state index < -0.39 is 0 Å². The SMILES string of the molecule is CC1=[C-]CC=C1.COc1cc(O)cc(C(C)(C)C)c1.C[Si]C.Cl.Cl.[Ti]. The smallest absolute Gasteiger partial charge is 0.122 e. The van der Waals surface area contributed by atoms with Crippen LogP contribution in [-0.4, -0.2) is 21.7 Å². The van der Waals surface area contributed by atoms with Crippen molar-refractivity contribution in [3.05, 3.63) is 47.6 Å². The molecule has 0 spiro atoms. The predicted molar refractivity (Wildman–Crippen MR) is 112 cm³/mol. The van der Waals surface area contributed by atoms with Gasteiger partial charge in [0.2, 0.25) is 0 Å². The van der Waals surface area contributed by atoms with Crippen LogP contribution in [0.1, 0.15) is 39.7 Å². The van der Waals surface area contributed by atoms with Crippen LogP contribution in [0.3, 0.4) is 0 Å². The molecule has 0 saturated carbocycles. The number of methoxy groups -OCH3 is 1. The Hall–Kier alpha value is -0.189. The molecule has 0 aliphatic heterocycles. The van der Waals surface area contributed by atoms with E-state index in [9.17, 15) is 5.11 Å². The number of ether oxygens (including phenoxy) is 1. The van der Waals surface area contributed by atoms with Crippen LogP contribution in [0.4, 0.5) is 0 Å². The van der Waals surface area contributed by atoms with Crippen LogP contribution in [-0.2, 0) is 27.1 Å². The summed E-state index contributed by atoms with van der Waals surface area (Å²) in [4.78, 5) is 0. The zero-order chi connectivity index (χ0) is 17.2. The molecular formula is C19H31Cl2O2SiTi-. The maximum Gasteiger partial charge on any atom is 0.122 e. The minimum absolute atomic E-state index is 0. The second-order valence-electron chi connectivity index (χ2n) is 6.14. The van der Waals surface area contributed by atoms with E-state index in [1.54, 1.807) is 19.2 Å². The van der Waals surface area contributed by atoms with Crippen LogP contribution >= 0.6 is 24.8 Å². The van der Waals surface area contributed by atoms with Crippen molar-refractivity contribution in [2.45, 2.75) is 52.6 Å². The number of halogens is 2. The predicted octanol–water partition coefficient (Wildman–Crippen LogP) is 6.02. The quantitative estimate of drug-likeness (QED) is 0.429. The van der Waals surface area contributed by atoms with Gasteiger partial charge in [-0.3, -0.25) is 6.08 Å². The molecule has 0 unspecified atom stereocenters. The average molecular weight is 438 g/mol. The van der Waals surface area contributed by atoms with Crippen LogP contribution in [0.5, 0.6) is 11.5 Å². The Morgan fingerprint density at radius 2 is 1.64 bits per heavy atom. The Morgan fingerprint density at radius 1 is 1.12 bits per heavy atom. The molecule has 1 aromatic carbocycles. The fourth-order valence-corrected chi connectivity index (χ4v) is 1.65. The van der Waals surface area contributed by atoms with Gasteiger partial charge in [-0.1, -0.05) is 40.8 Å². The first-order valence-electron chi connectivity index (χ1n) is 7.45. The van der Waals surface area contributed by atoms with Crippen molar-refractivity contribution < 1.29 is 31.6 Å². The molecule has 2 radical (unpaired) electrons. The van der Waals surface area contributed by atoms with E-state index >= 15 is 0 Å². The van der Waals surface area contributed by atoms with Crippen molar-refractivity contribution in [3.8, 4) is 11.5 Å². The van der Waals surface area contributed by atoms with Gasteiger partial charge in [-0.15, -0.1) is 31.2 Å². The van der Waals surface area contributed by atoms with Crippen LogP contribution in [0.25, 0.3) is 0 Å². The van der Waals surface area contributed by atoms with Crippen LogP contribution in [0.15, 0.2) is 35.9 Å². The summed E-state index contributed by atoms with van der Waals surface area (Å²) in [6, 6.07) is 5.32. The first kappa shape index (κ1) is 32.5. The number of hydrogen-bond acceptors (Lipinski definition) is 2. The minimum Gasteiger partial charge on any atom is -0.508 e. The minimum atomic E-state index is 0. The van der Waals surface area contributed by atoms with Gasteiger partial charge in [0.05, 0.1) is 7.11 Å². The molecule has 1 aliphatic carbocycles. The molecule has 1 N–H and O–H groups in total. The molecule has 0 aromatic heterocycles. The van der Waals surface area contributed by atoms with Crippen molar-refractivity contribution in [2.24, 2.45) is 0 Å². The summed E-state index contributed by atoms with van der Waals surface area (Å²) >= 11 is 0. The number of benzene rings is 1. The molecule has 2 rings (SSSR count). The maximum atomic E-state index is 9.41. The molecule has 6 heteroatoms. The molecule has 25 heavy (non-hydrogen) atoms. The molecular weight excluding hydrogens is 407 g/mol. The second-order valence-corrected chi connectivity index (χ2v) is 7.14. The summed E-state index contributed by atoms with van der Waals surface area (Å²) in [7, 11) is 2.68. The molecule has 0 amide bonds. The Balaban J connectivity index is -0.000000156. The van der Waals surface area contributed by atoms with Crippen LogP contribution < -0.4 is 4.74 Å². The van der Waals surface area contributed by atoms with Crippen molar-refractivity contribution in [1.29, 1.82) is 0 Å². The Bertz CT molecular complexity index is 510. The van der Waals surface area contributed by atoms with Crippen LogP contribution in [0.2, 0.25) is 13.1 Å². The number of allylic oxidation sites excluding steroid dienone is 4. The van der Waals surface area contributed by atoms with E-state index in [1.165, 1.54) is 5.57 Å². The third kappa shape index (κ3) is 15.8. The molecule has 1 aromatic rings. The van der Waals surface area contributed by atoms with E-state index in [4.69, 9.17) is 4.74 Å². The fraction of sp³-hybridized carbons (Fsp3) is 0.474. The van der Waals surface area contributed by atoms with E-state index in [-0.39, 0.29) is 57.7 Å². The zero-order valence-corrected chi connectivity index (χ0v) is 20.5. The monoisotopic (exact) mass is 437 g/mol. The first-order chi connectivity index (χ1) is 10.2. The molecule has 142 valence electrons. The van der Waals surface area contributed by atoms with Crippen LogP contribution in [0, 0.1) is 6.08 Å². The van der Waals surface area contributed by atoms with Gasteiger partial charge in [-0.05, 0) is 23.1 Å². The third-order valence-electron chi connectivity index (χ3n) is 2.86. The Kier molecular flexibility index (Phi) is 22.4. The molecule has 1 aliphatic rings. The number of hydrogen-bond donors (Lipinski definition) is 1. The summed E-state index contributed by atoms with van der Waals surface area (Å²) in [6.07, 6.45) is 8.33. The van der Waals surface area contributed by atoms with E-state index in [2.05, 4.69) is 59.0 Å². The number of aromatic hydroxyl groups is 1. The normalized spacial score (nSPS) is 11.1. The number of rotatable bonds is 1. The molecule has 2 nitrogen and oxygen atoms in total. The third-order valence-corrected chi connectivity index (χ3v) is 2.86. The van der Waals surface area contributed by atoms with Gasteiger partial charge < -0.3 is 9.84 Å². The standard InChI is InChI=1S/C11H16O2.C6H7.C2H6Si.2ClH.Ti/c1-11(2,3)8-5-9(12)7-10(6-8)13-4;1-6-4-2-3-5-6;1-3-2;;;/h5-7,12H,1-4H3;2,4H,3H2,1H3;1-2H3;2*1H;/q;-1;;;;. The molecule has 0 saturated heterocycles. The largest absolute Gasteiger partial charge is 0.508 e. The summed E-state index contributed by atoms with van der Waals surface area (Å²) in [6.45, 7) is 12.7. The van der Waals surface area contributed by atoms with E-state index in [0.717, 1.165) is 21.5 Å². The molecule has 0 bridgehead atoms. The van der Waals surface area contributed by atoms with Crippen molar-refractivity contribution in [2.75, 3.05) is 7.11 Å². The van der Waals surface area contributed by atoms with Crippen molar-refractivity contribution >= 4 is 34.3 Å². The van der Waals surface area contributed by atoms with Gasteiger partial charge in [-0.25, -0.2) is 11.6 Å². The summed E-state index contributed by atoms with van der Waals surface area (Å²) < 4.78 is 5.07. The Morgan fingerprint density at radius 3 is 1.92 bits per heavy atom. The zero-order valence-electron chi connectivity index (χ0n) is 16.3. The van der Waals surface area contributed by atoms with Gasteiger partial charge >= 0.3 is 0 Å². The second kappa shape index (κ2) is 17.2. The van der Waals surface area contributed by atoms with E-state index in [1.807, 2.05) is 6.07 Å². The van der Waals surface area contributed by atoms with Gasteiger partial charge in [0.1, 0.15) is 11.5 Å². The number of phenols is 1. The topological polar surface area (TPSA) is 29.5 Å². The van der Waals surface area contributed by atoms with Crippen molar-refractivity contribution in [1.82, 2.24) is 0 Å². The first-order valence-corrected chi connectivity index (χ1v) is 9.45. The van der Waals surface area contributed by atoms with E-state index in [0.29, 0.717) is 5.75 Å². The summed E-state index contributed by atoms with van der Waals surface area (Å²) in [5, 5.41) is 9.41. The molecule has 0 atom stereocenters. The van der Waals surface area contributed by atoms with Gasteiger partial charge in [0, 0.05) is 37.3 Å². The van der Waals surface area contributed by atoms with Gasteiger partial charge in [-0.2, -0.15) is 6.08 Å².